The van der Waals surface area contributed by atoms with Gasteiger partial charge >= 0.3 is 0 Å². The van der Waals surface area contributed by atoms with E-state index >= 15 is 0 Å². The molecule has 44 heavy (non-hydrogen) atoms. The Kier molecular flexibility index (Phi) is 7.59. The summed E-state index contributed by atoms with van der Waals surface area (Å²) in [5, 5.41) is 19.0. The van der Waals surface area contributed by atoms with Crippen LogP contribution in [-0.2, 0) is 0 Å². The maximum atomic E-state index is 13.3. The second kappa shape index (κ2) is 12.0. The van der Waals surface area contributed by atoms with Crippen molar-refractivity contribution in [2.45, 2.75) is 0 Å². The van der Waals surface area contributed by atoms with Gasteiger partial charge < -0.3 is 31.2 Å². The predicted molar refractivity (Wildman–Crippen MR) is 172 cm³/mol. The first-order valence-electron chi connectivity index (χ1n) is 13.8. The number of nitrogens with two attached hydrogens (primary N) is 2. The number of aromatic hydroxyl groups is 2. The van der Waals surface area contributed by atoms with E-state index in [0.717, 1.165) is 22.3 Å². The number of carbonyl (C=O) groups is 1. The van der Waals surface area contributed by atoms with Gasteiger partial charge in [0.1, 0.15) is 34.5 Å². The van der Waals surface area contributed by atoms with Crippen molar-refractivity contribution in [2.24, 2.45) is 0 Å². The van der Waals surface area contributed by atoms with E-state index in [4.69, 9.17) is 20.9 Å². The molecule has 6 aromatic carbocycles. The molecule has 0 spiro atoms. The van der Waals surface area contributed by atoms with Crippen molar-refractivity contribution < 1.29 is 24.5 Å². The number of carbonyl (C=O) groups excluding carboxylic acids is 1. The lowest BCUT2D eigenvalue weighted by atomic mass is 10.0. The minimum absolute atomic E-state index is 0.214. The molecule has 7 heteroatoms. The van der Waals surface area contributed by atoms with Gasteiger partial charge in [-0.2, -0.15) is 0 Å². The van der Waals surface area contributed by atoms with Crippen LogP contribution in [0.1, 0.15) is 15.9 Å². The van der Waals surface area contributed by atoms with Crippen LogP contribution in [0.25, 0.3) is 22.3 Å². The Bertz CT molecular complexity index is 1790. The van der Waals surface area contributed by atoms with Gasteiger partial charge in [0.15, 0.2) is 5.78 Å². The number of rotatable bonds is 8. The highest BCUT2D eigenvalue weighted by Gasteiger charge is 2.15. The zero-order chi connectivity index (χ0) is 30.6. The summed E-state index contributed by atoms with van der Waals surface area (Å²) in [6.45, 7) is 0. The minimum Gasteiger partial charge on any atom is -0.508 e. The first kappa shape index (κ1) is 27.9. The van der Waals surface area contributed by atoms with Crippen molar-refractivity contribution in [3.05, 3.63) is 145 Å². The number of anilines is 2. The van der Waals surface area contributed by atoms with Crippen molar-refractivity contribution in [1.82, 2.24) is 0 Å². The number of phenolic OH excluding ortho intramolecular Hbond substituents is 2. The molecule has 6 N–H and O–H groups in total. The SMILES string of the molecule is Nc1cc(C(=O)c2ccc(Oc3ccc(-c4ccc(O)cc4)cc3)c(N)c2)ccc1Oc1ccc(-c2ccc(O)cc2)cc1. The van der Waals surface area contributed by atoms with Crippen molar-refractivity contribution in [3.8, 4) is 56.8 Å². The highest BCUT2D eigenvalue weighted by atomic mass is 16.5. The quantitative estimate of drug-likeness (QED) is 0.105. The molecule has 0 saturated heterocycles. The largest absolute Gasteiger partial charge is 0.508 e. The smallest absolute Gasteiger partial charge is 0.193 e. The molecule has 216 valence electrons. The third-order valence-electron chi connectivity index (χ3n) is 7.11. The number of ketones is 1. The zero-order valence-electron chi connectivity index (χ0n) is 23.5. The Labute approximate surface area is 254 Å². The van der Waals surface area contributed by atoms with E-state index in [-0.39, 0.29) is 17.3 Å². The molecule has 0 unspecified atom stereocenters. The Hall–Kier alpha value is -6.21. The maximum absolute atomic E-state index is 13.3. The van der Waals surface area contributed by atoms with E-state index in [2.05, 4.69) is 0 Å². The van der Waals surface area contributed by atoms with Crippen LogP contribution in [0.4, 0.5) is 11.4 Å². The van der Waals surface area contributed by atoms with Gasteiger partial charge in [0.2, 0.25) is 0 Å². The van der Waals surface area contributed by atoms with Gasteiger partial charge in [-0.15, -0.1) is 0 Å². The lowest BCUT2D eigenvalue weighted by Gasteiger charge is -2.12. The monoisotopic (exact) mass is 580 g/mol. The molecular formula is C37H28N2O5. The highest BCUT2D eigenvalue weighted by molar-refractivity contribution is 6.10. The Morgan fingerprint density at radius 1 is 0.455 bits per heavy atom. The van der Waals surface area contributed by atoms with Crippen molar-refractivity contribution in [2.75, 3.05) is 11.5 Å². The predicted octanol–water partition coefficient (Wildman–Crippen LogP) is 8.41. The molecule has 0 fully saturated rings. The van der Waals surface area contributed by atoms with E-state index < -0.39 is 0 Å². The second-order valence-electron chi connectivity index (χ2n) is 10.2. The lowest BCUT2D eigenvalue weighted by molar-refractivity contribution is 0.103. The Balaban J connectivity index is 1.11. The van der Waals surface area contributed by atoms with Gasteiger partial charge in [0.25, 0.3) is 0 Å². The van der Waals surface area contributed by atoms with E-state index in [9.17, 15) is 15.0 Å². The summed E-state index contributed by atoms with van der Waals surface area (Å²) < 4.78 is 11.9. The fraction of sp³-hybridized carbons (Fsp3) is 0. The van der Waals surface area contributed by atoms with Gasteiger partial charge in [-0.3, -0.25) is 4.79 Å². The molecule has 0 atom stereocenters. The maximum Gasteiger partial charge on any atom is 0.193 e. The van der Waals surface area contributed by atoms with E-state index in [0.29, 0.717) is 45.5 Å². The number of hydrogen-bond acceptors (Lipinski definition) is 7. The third kappa shape index (κ3) is 6.17. The van der Waals surface area contributed by atoms with Crippen LogP contribution in [0.3, 0.4) is 0 Å². The average molecular weight is 581 g/mol. The van der Waals surface area contributed by atoms with Gasteiger partial charge in [0, 0.05) is 11.1 Å². The zero-order valence-corrected chi connectivity index (χ0v) is 23.5. The van der Waals surface area contributed by atoms with Crippen LogP contribution in [0.2, 0.25) is 0 Å². The van der Waals surface area contributed by atoms with E-state index in [1.54, 1.807) is 60.7 Å². The summed E-state index contributed by atoms with van der Waals surface area (Å²) >= 11 is 0. The van der Waals surface area contributed by atoms with Gasteiger partial charge in [-0.05, 0) is 107 Å². The number of nitrogen functional groups attached to an aromatic ring is 2. The normalized spacial score (nSPS) is 10.7. The molecule has 0 radical (unpaired) electrons. The fourth-order valence-electron chi connectivity index (χ4n) is 4.72. The molecule has 6 aromatic rings. The molecule has 0 bridgehead atoms. The molecule has 0 aromatic heterocycles. The molecule has 0 aliphatic carbocycles. The highest BCUT2D eigenvalue weighted by Crippen LogP contribution is 2.33. The van der Waals surface area contributed by atoms with Gasteiger partial charge in [-0.25, -0.2) is 0 Å². The van der Waals surface area contributed by atoms with Crippen LogP contribution in [-0.4, -0.2) is 16.0 Å². The first-order chi connectivity index (χ1) is 21.3. The standard InChI is InChI=1S/C37H28N2O5/c38-33-21-27(9-19-35(33)43-31-15-5-25(6-16-31)23-1-11-29(40)12-2-23)37(42)28-10-20-36(34(39)22-28)44-32-17-7-26(8-18-32)24-3-13-30(41)14-4-24/h1-22,40-41H,38-39H2. The summed E-state index contributed by atoms with van der Waals surface area (Å²) in [6.07, 6.45) is 0. The van der Waals surface area contributed by atoms with Crippen LogP contribution in [0, 0.1) is 0 Å². The Morgan fingerprint density at radius 2 is 0.773 bits per heavy atom. The minimum atomic E-state index is -0.238. The van der Waals surface area contributed by atoms with Crippen LogP contribution in [0.5, 0.6) is 34.5 Å². The summed E-state index contributed by atoms with van der Waals surface area (Å²) in [4.78, 5) is 13.3. The van der Waals surface area contributed by atoms with Crippen LogP contribution >= 0.6 is 0 Å². The molecule has 0 saturated carbocycles. The summed E-state index contributed by atoms with van der Waals surface area (Å²) in [7, 11) is 0. The van der Waals surface area contributed by atoms with Crippen molar-refractivity contribution >= 4 is 17.2 Å². The molecule has 0 heterocycles. The number of benzene rings is 6. The number of ether oxygens (including phenoxy) is 2. The van der Waals surface area contributed by atoms with Crippen LogP contribution < -0.4 is 20.9 Å². The summed E-state index contributed by atoms with van der Waals surface area (Å²) in [5.41, 5.74) is 17.9. The second-order valence-corrected chi connectivity index (χ2v) is 10.2. The summed E-state index contributed by atoms with van der Waals surface area (Å²) in [6, 6.07) is 38.7. The summed E-state index contributed by atoms with van der Waals surface area (Å²) in [5.74, 6) is 2.24. The third-order valence-corrected chi connectivity index (χ3v) is 7.11. The lowest BCUT2D eigenvalue weighted by Crippen LogP contribution is -2.04. The van der Waals surface area contributed by atoms with Crippen LogP contribution in [0.15, 0.2) is 133 Å². The molecular weight excluding hydrogens is 552 g/mol. The fourth-order valence-corrected chi connectivity index (χ4v) is 4.72. The van der Waals surface area contributed by atoms with Gasteiger partial charge in [0.05, 0.1) is 11.4 Å². The number of phenols is 2. The van der Waals surface area contributed by atoms with E-state index in [1.807, 2.05) is 72.8 Å². The van der Waals surface area contributed by atoms with Crippen molar-refractivity contribution in [3.63, 3.8) is 0 Å². The van der Waals surface area contributed by atoms with E-state index in [1.165, 1.54) is 0 Å². The Morgan fingerprint density at radius 3 is 1.09 bits per heavy atom. The average Bonchev–Trinajstić information content (AvgIpc) is 3.04. The molecule has 7 nitrogen and oxygen atoms in total. The van der Waals surface area contributed by atoms with Crippen molar-refractivity contribution in [1.29, 1.82) is 0 Å². The van der Waals surface area contributed by atoms with Gasteiger partial charge in [-0.1, -0.05) is 48.5 Å². The topological polar surface area (TPSA) is 128 Å². The first-order valence-corrected chi connectivity index (χ1v) is 13.8. The molecule has 0 aliphatic heterocycles. The molecule has 6 rings (SSSR count). The molecule has 0 aliphatic rings. The molecule has 0 amide bonds. The number of hydrogen-bond donors (Lipinski definition) is 4.